The molecule has 1 heterocycles. The van der Waals surface area contributed by atoms with Crippen LogP contribution >= 0.6 is 11.6 Å². The van der Waals surface area contributed by atoms with E-state index in [2.05, 4.69) is 10.3 Å². The first-order valence-corrected chi connectivity index (χ1v) is 7.01. The Labute approximate surface area is 125 Å². The average molecular weight is 311 g/mol. The van der Waals surface area contributed by atoms with Crippen LogP contribution in [-0.4, -0.2) is 11.0 Å². The standard InChI is InChI=1S/C15H13ClF2N2O/c16-11-4-6-15(20-13(11)8-19-10-2-3-10)21-14-5-1-9(17)7-12(14)18/h1,4-7,10,19H,2-3,8H2. The van der Waals surface area contributed by atoms with Gasteiger partial charge < -0.3 is 10.1 Å². The summed E-state index contributed by atoms with van der Waals surface area (Å²) in [7, 11) is 0. The third kappa shape index (κ3) is 3.68. The van der Waals surface area contributed by atoms with Gasteiger partial charge >= 0.3 is 0 Å². The molecule has 0 unspecified atom stereocenters. The molecule has 1 aliphatic rings. The third-order valence-electron chi connectivity index (χ3n) is 3.14. The lowest BCUT2D eigenvalue weighted by molar-refractivity contribution is 0.421. The van der Waals surface area contributed by atoms with E-state index in [0.29, 0.717) is 23.3 Å². The second kappa shape index (κ2) is 5.95. The van der Waals surface area contributed by atoms with Gasteiger partial charge in [0.15, 0.2) is 11.6 Å². The Bertz CT molecular complexity index is 662. The summed E-state index contributed by atoms with van der Waals surface area (Å²) in [4.78, 5) is 4.25. The lowest BCUT2D eigenvalue weighted by Gasteiger charge is -2.09. The molecule has 0 amide bonds. The van der Waals surface area contributed by atoms with Crippen LogP contribution in [0.5, 0.6) is 11.6 Å². The molecule has 2 aromatic rings. The topological polar surface area (TPSA) is 34.1 Å². The summed E-state index contributed by atoms with van der Waals surface area (Å²) in [6.07, 6.45) is 2.32. The number of pyridine rings is 1. The van der Waals surface area contributed by atoms with Crippen LogP contribution in [0.3, 0.4) is 0 Å². The maximum Gasteiger partial charge on any atom is 0.219 e. The monoisotopic (exact) mass is 310 g/mol. The van der Waals surface area contributed by atoms with Crippen LogP contribution in [0.15, 0.2) is 30.3 Å². The Morgan fingerprint density at radius 2 is 2.05 bits per heavy atom. The largest absolute Gasteiger partial charge is 0.436 e. The highest BCUT2D eigenvalue weighted by Gasteiger charge is 2.21. The van der Waals surface area contributed by atoms with Gasteiger partial charge in [-0.3, -0.25) is 0 Å². The molecule has 1 fully saturated rings. The molecule has 0 radical (unpaired) electrons. The van der Waals surface area contributed by atoms with Crippen molar-refractivity contribution in [2.24, 2.45) is 0 Å². The second-order valence-corrected chi connectivity index (χ2v) is 5.32. The van der Waals surface area contributed by atoms with E-state index in [9.17, 15) is 8.78 Å². The molecule has 3 rings (SSSR count). The normalized spacial score (nSPS) is 14.2. The molecule has 110 valence electrons. The highest BCUT2D eigenvalue weighted by Crippen LogP contribution is 2.26. The average Bonchev–Trinajstić information content (AvgIpc) is 3.26. The Morgan fingerprint density at radius 3 is 2.76 bits per heavy atom. The summed E-state index contributed by atoms with van der Waals surface area (Å²) in [6.45, 7) is 0.534. The zero-order valence-electron chi connectivity index (χ0n) is 11.1. The van der Waals surface area contributed by atoms with Gasteiger partial charge in [-0.25, -0.2) is 13.8 Å². The van der Waals surface area contributed by atoms with E-state index < -0.39 is 11.6 Å². The summed E-state index contributed by atoms with van der Waals surface area (Å²) < 4.78 is 31.7. The molecule has 1 saturated carbocycles. The van der Waals surface area contributed by atoms with E-state index in [0.717, 1.165) is 25.0 Å². The van der Waals surface area contributed by atoms with Crippen molar-refractivity contribution in [3.05, 3.63) is 52.7 Å². The number of hydrogen-bond donors (Lipinski definition) is 1. The molecule has 0 spiro atoms. The number of ether oxygens (including phenoxy) is 1. The van der Waals surface area contributed by atoms with Gasteiger partial charge in [0.2, 0.25) is 5.88 Å². The molecule has 3 nitrogen and oxygen atoms in total. The molecule has 0 saturated heterocycles. The number of rotatable bonds is 5. The van der Waals surface area contributed by atoms with Crippen LogP contribution in [-0.2, 0) is 6.54 Å². The van der Waals surface area contributed by atoms with E-state index in [1.807, 2.05) is 0 Å². The molecule has 0 atom stereocenters. The van der Waals surface area contributed by atoms with Crippen LogP contribution < -0.4 is 10.1 Å². The van der Waals surface area contributed by atoms with Crippen LogP contribution in [0.1, 0.15) is 18.5 Å². The summed E-state index contributed by atoms with van der Waals surface area (Å²) in [5, 5.41) is 3.82. The Balaban J connectivity index is 1.76. The highest BCUT2D eigenvalue weighted by atomic mass is 35.5. The first-order valence-electron chi connectivity index (χ1n) is 6.63. The van der Waals surface area contributed by atoms with Crippen molar-refractivity contribution in [2.75, 3.05) is 0 Å². The molecule has 0 aliphatic heterocycles. The summed E-state index contributed by atoms with van der Waals surface area (Å²) >= 11 is 6.07. The number of halogens is 3. The molecule has 21 heavy (non-hydrogen) atoms. The zero-order chi connectivity index (χ0) is 14.8. The summed E-state index contributed by atoms with van der Waals surface area (Å²) in [5.41, 5.74) is 0.642. The van der Waals surface area contributed by atoms with E-state index in [4.69, 9.17) is 16.3 Å². The molecule has 0 bridgehead atoms. The molecule has 1 aromatic heterocycles. The maximum absolute atomic E-state index is 13.5. The smallest absolute Gasteiger partial charge is 0.219 e. The fourth-order valence-corrected chi connectivity index (χ4v) is 2.02. The quantitative estimate of drug-likeness (QED) is 0.904. The molecule has 1 aliphatic carbocycles. The summed E-state index contributed by atoms with van der Waals surface area (Å²) in [5.74, 6) is -1.28. The van der Waals surface area contributed by atoms with E-state index in [-0.39, 0.29) is 11.6 Å². The molecule has 1 N–H and O–H groups in total. The number of hydrogen-bond acceptors (Lipinski definition) is 3. The van der Waals surface area contributed by atoms with Crippen molar-refractivity contribution in [3.8, 4) is 11.6 Å². The SMILES string of the molecule is Fc1ccc(Oc2ccc(Cl)c(CNC3CC3)n2)c(F)c1. The van der Waals surface area contributed by atoms with Gasteiger partial charge in [0.25, 0.3) is 0 Å². The first-order chi connectivity index (χ1) is 10.1. The Hall–Kier alpha value is -1.72. The van der Waals surface area contributed by atoms with Gasteiger partial charge in [-0.2, -0.15) is 0 Å². The van der Waals surface area contributed by atoms with Gasteiger partial charge in [0.1, 0.15) is 5.82 Å². The molecular weight excluding hydrogens is 298 g/mol. The van der Waals surface area contributed by atoms with Gasteiger partial charge in [0.05, 0.1) is 10.7 Å². The third-order valence-corrected chi connectivity index (χ3v) is 3.48. The Kier molecular flexibility index (Phi) is 4.03. The number of aromatic nitrogens is 1. The minimum absolute atomic E-state index is 0.0766. The highest BCUT2D eigenvalue weighted by molar-refractivity contribution is 6.31. The van der Waals surface area contributed by atoms with Gasteiger partial charge in [-0.05, 0) is 31.0 Å². The van der Waals surface area contributed by atoms with Crippen LogP contribution in [0, 0.1) is 11.6 Å². The predicted octanol–water partition coefficient (Wildman–Crippen LogP) is 4.06. The fourth-order valence-electron chi connectivity index (χ4n) is 1.84. The maximum atomic E-state index is 13.5. The number of nitrogens with one attached hydrogen (secondary N) is 1. The van der Waals surface area contributed by atoms with Crippen molar-refractivity contribution in [3.63, 3.8) is 0 Å². The Morgan fingerprint density at radius 1 is 1.24 bits per heavy atom. The summed E-state index contributed by atoms with van der Waals surface area (Å²) in [6, 6.07) is 6.84. The van der Waals surface area contributed by atoms with Crippen molar-refractivity contribution < 1.29 is 13.5 Å². The molecular formula is C15H13ClF2N2O. The first kappa shape index (κ1) is 14.2. The van der Waals surface area contributed by atoms with Crippen molar-refractivity contribution in [2.45, 2.75) is 25.4 Å². The predicted molar refractivity (Wildman–Crippen MR) is 75.5 cm³/mol. The van der Waals surface area contributed by atoms with E-state index in [1.54, 1.807) is 12.1 Å². The van der Waals surface area contributed by atoms with Crippen molar-refractivity contribution in [1.82, 2.24) is 10.3 Å². The van der Waals surface area contributed by atoms with E-state index >= 15 is 0 Å². The fraction of sp³-hybridized carbons (Fsp3) is 0.267. The van der Waals surface area contributed by atoms with Crippen LogP contribution in [0.4, 0.5) is 8.78 Å². The number of nitrogens with zero attached hydrogens (tertiary/aromatic N) is 1. The van der Waals surface area contributed by atoms with Gasteiger partial charge in [0, 0.05) is 24.7 Å². The zero-order valence-corrected chi connectivity index (χ0v) is 11.8. The second-order valence-electron chi connectivity index (χ2n) is 4.91. The van der Waals surface area contributed by atoms with Crippen LogP contribution in [0.2, 0.25) is 5.02 Å². The van der Waals surface area contributed by atoms with Crippen LogP contribution in [0.25, 0.3) is 0 Å². The lowest BCUT2D eigenvalue weighted by atomic mass is 10.3. The van der Waals surface area contributed by atoms with Gasteiger partial charge in [-0.15, -0.1) is 0 Å². The van der Waals surface area contributed by atoms with E-state index in [1.165, 1.54) is 6.07 Å². The molecule has 1 aromatic carbocycles. The van der Waals surface area contributed by atoms with Crippen molar-refractivity contribution >= 4 is 11.6 Å². The minimum atomic E-state index is -0.774. The lowest BCUT2D eigenvalue weighted by Crippen LogP contribution is -2.16. The van der Waals surface area contributed by atoms with Gasteiger partial charge in [-0.1, -0.05) is 11.6 Å². The molecule has 6 heteroatoms. The number of benzene rings is 1. The minimum Gasteiger partial charge on any atom is -0.436 e. The van der Waals surface area contributed by atoms with Crippen molar-refractivity contribution in [1.29, 1.82) is 0 Å².